The van der Waals surface area contributed by atoms with E-state index >= 15 is 0 Å². The monoisotopic (exact) mass is 271 g/mol. The average molecular weight is 271 g/mol. The number of carbonyl (C=O) groups is 1. The third kappa shape index (κ3) is 2.19. The van der Waals surface area contributed by atoms with Gasteiger partial charge in [-0.05, 0) is 31.3 Å². The van der Waals surface area contributed by atoms with Crippen LogP contribution < -0.4 is 0 Å². The molecule has 1 amide bonds. The quantitative estimate of drug-likeness (QED) is 0.776. The van der Waals surface area contributed by atoms with Gasteiger partial charge >= 0.3 is 6.09 Å². The maximum Gasteiger partial charge on any atom is 0.415 e. The average Bonchev–Trinajstić information content (AvgIpc) is 2.77. The molecular formula is C15H17N3O2. The lowest BCUT2D eigenvalue weighted by atomic mass is 9.96. The highest BCUT2D eigenvalue weighted by atomic mass is 16.5. The van der Waals surface area contributed by atoms with Gasteiger partial charge in [0.2, 0.25) is 0 Å². The van der Waals surface area contributed by atoms with Crippen LogP contribution in [0.25, 0.3) is 5.57 Å². The first kappa shape index (κ1) is 12.8. The highest BCUT2D eigenvalue weighted by Gasteiger charge is 2.41. The molecule has 0 unspecified atom stereocenters. The first-order chi connectivity index (χ1) is 9.81. The van der Waals surface area contributed by atoms with E-state index in [0.29, 0.717) is 0 Å². The number of aromatic nitrogens is 2. The molecule has 0 spiro atoms. The highest BCUT2D eigenvalue weighted by molar-refractivity contribution is 5.77. The fourth-order valence-electron chi connectivity index (χ4n) is 3.21. The topological polar surface area (TPSA) is 55.3 Å². The molecule has 104 valence electrons. The summed E-state index contributed by atoms with van der Waals surface area (Å²) in [5.74, 6) is 0. The van der Waals surface area contributed by atoms with E-state index in [-0.39, 0.29) is 18.2 Å². The number of rotatable bonds is 2. The minimum absolute atomic E-state index is 0.0564. The zero-order valence-electron chi connectivity index (χ0n) is 11.2. The molecule has 2 aliphatic rings. The van der Waals surface area contributed by atoms with E-state index in [0.717, 1.165) is 36.8 Å². The van der Waals surface area contributed by atoms with Crippen LogP contribution >= 0.6 is 0 Å². The van der Waals surface area contributed by atoms with Gasteiger partial charge in [0.1, 0.15) is 6.33 Å². The molecule has 1 aromatic rings. The second-order valence-electron chi connectivity index (χ2n) is 5.07. The number of allylic oxidation sites excluding steroid dienone is 1. The van der Waals surface area contributed by atoms with Gasteiger partial charge in [0.25, 0.3) is 0 Å². The Bertz CT molecular complexity index is 541. The molecule has 1 fully saturated rings. The second-order valence-corrected chi connectivity index (χ2v) is 5.07. The Morgan fingerprint density at radius 1 is 1.35 bits per heavy atom. The predicted molar refractivity (Wildman–Crippen MR) is 74.6 cm³/mol. The van der Waals surface area contributed by atoms with Crippen LogP contribution in [-0.2, 0) is 4.74 Å². The van der Waals surface area contributed by atoms with Crippen LogP contribution in [0.15, 0.2) is 37.6 Å². The van der Waals surface area contributed by atoms with Gasteiger partial charge in [-0.3, -0.25) is 4.90 Å². The Hall–Kier alpha value is -2.17. The van der Waals surface area contributed by atoms with Gasteiger partial charge in [0, 0.05) is 24.0 Å². The van der Waals surface area contributed by atoms with Crippen molar-refractivity contribution in [2.24, 2.45) is 0 Å². The van der Waals surface area contributed by atoms with Gasteiger partial charge in [-0.2, -0.15) is 0 Å². The van der Waals surface area contributed by atoms with E-state index in [4.69, 9.17) is 4.74 Å². The van der Waals surface area contributed by atoms with E-state index in [9.17, 15) is 4.79 Å². The minimum atomic E-state index is -0.308. The predicted octanol–water partition coefficient (Wildman–Crippen LogP) is 2.77. The van der Waals surface area contributed by atoms with Gasteiger partial charge in [0.05, 0.1) is 12.3 Å². The van der Waals surface area contributed by atoms with Gasteiger partial charge in [-0.15, -0.1) is 0 Å². The molecule has 0 aromatic carbocycles. The molecule has 1 saturated heterocycles. The molecule has 3 heterocycles. The van der Waals surface area contributed by atoms with E-state index in [2.05, 4.69) is 22.6 Å². The number of nitrogens with zero attached hydrogens (tertiary/aromatic N) is 3. The van der Waals surface area contributed by atoms with Crippen molar-refractivity contribution in [1.82, 2.24) is 14.9 Å². The molecule has 5 heteroatoms. The minimum Gasteiger partial charge on any atom is -0.419 e. The van der Waals surface area contributed by atoms with E-state index in [1.807, 2.05) is 4.90 Å². The summed E-state index contributed by atoms with van der Waals surface area (Å²) in [6.07, 6.45) is 12.1. The molecule has 20 heavy (non-hydrogen) atoms. The van der Waals surface area contributed by atoms with Crippen LogP contribution in [0.4, 0.5) is 4.79 Å². The van der Waals surface area contributed by atoms with Crippen LogP contribution in [0.5, 0.6) is 0 Å². The summed E-state index contributed by atoms with van der Waals surface area (Å²) in [6.45, 7) is 3.46. The number of fused-ring (bicyclic) bond motifs is 2. The molecule has 2 aliphatic heterocycles. The molecule has 2 atom stereocenters. The second kappa shape index (κ2) is 5.45. The van der Waals surface area contributed by atoms with E-state index < -0.39 is 0 Å². The number of hydrogen-bond donors (Lipinski definition) is 0. The summed E-state index contributed by atoms with van der Waals surface area (Å²) in [5, 5.41) is 0. The van der Waals surface area contributed by atoms with Gasteiger partial charge in [-0.1, -0.05) is 12.7 Å². The molecule has 3 rings (SSSR count). The zero-order chi connectivity index (χ0) is 13.9. The normalized spacial score (nSPS) is 24.8. The van der Waals surface area contributed by atoms with Crippen molar-refractivity contribution in [2.75, 3.05) is 0 Å². The van der Waals surface area contributed by atoms with Crippen LogP contribution in [-0.4, -0.2) is 33.0 Å². The Kier molecular flexibility index (Phi) is 3.50. The smallest absolute Gasteiger partial charge is 0.415 e. The maximum absolute atomic E-state index is 12.2. The number of hydrogen-bond acceptors (Lipinski definition) is 4. The van der Waals surface area contributed by atoms with Gasteiger partial charge in [0.15, 0.2) is 0 Å². The molecule has 5 nitrogen and oxygen atoms in total. The number of ether oxygens (including phenoxy) is 1. The fraction of sp³-hybridized carbons (Fsp3) is 0.400. The van der Waals surface area contributed by atoms with E-state index in [1.165, 1.54) is 12.6 Å². The molecule has 0 saturated carbocycles. The summed E-state index contributed by atoms with van der Waals surface area (Å²) in [7, 11) is 0. The first-order valence-corrected chi connectivity index (χ1v) is 6.86. The van der Waals surface area contributed by atoms with Gasteiger partial charge in [-0.25, -0.2) is 14.8 Å². The van der Waals surface area contributed by atoms with Crippen molar-refractivity contribution in [3.63, 3.8) is 0 Å². The van der Waals surface area contributed by atoms with Crippen molar-refractivity contribution < 1.29 is 9.53 Å². The lowest BCUT2D eigenvalue weighted by molar-refractivity contribution is 0.123. The highest BCUT2D eigenvalue weighted by Crippen LogP contribution is 2.38. The summed E-state index contributed by atoms with van der Waals surface area (Å²) in [4.78, 5) is 22.2. The van der Waals surface area contributed by atoms with Gasteiger partial charge < -0.3 is 4.74 Å². The third-order valence-electron chi connectivity index (χ3n) is 4.01. The summed E-state index contributed by atoms with van der Waals surface area (Å²) < 4.78 is 4.99. The molecule has 0 aliphatic carbocycles. The SMILES string of the molecule is C=COC(=O)N1[C@@H]2CCC=C(c3cncnc3)[C@H]1CC2. The largest absolute Gasteiger partial charge is 0.419 e. The van der Waals surface area contributed by atoms with Crippen molar-refractivity contribution in [2.45, 2.75) is 37.8 Å². The lowest BCUT2D eigenvalue weighted by Gasteiger charge is -2.28. The summed E-state index contributed by atoms with van der Waals surface area (Å²) >= 11 is 0. The lowest BCUT2D eigenvalue weighted by Crippen LogP contribution is -2.40. The van der Waals surface area contributed by atoms with Crippen molar-refractivity contribution >= 4 is 11.7 Å². The van der Waals surface area contributed by atoms with Crippen LogP contribution in [0, 0.1) is 0 Å². The van der Waals surface area contributed by atoms with E-state index in [1.54, 1.807) is 12.4 Å². The first-order valence-electron chi connectivity index (χ1n) is 6.86. The van der Waals surface area contributed by atoms with Crippen LogP contribution in [0.2, 0.25) is 0 Å². The Morgan fingerprint density at radius 3 is 2.90 bits per heavy atom. The molecular weight excluding hydrogens is 254 g/mol. The fourth-order valence-corrected chi connectivity index (χ4v) is 3.21. The summed E-state index contributed by atoms with van der Waals surface area (Å²) in [5.41, 5.74) is 2.11. The molecule has 1 aromatic heterocycles. The third-order valence-corrected chi connectivity index (χ3v) is 4.01. The molecule has 0 N–H and O–H groups in total. The molecule has 0 radical (unpaired) electrons. The molecule has 2 bridgehead atoms. The summed E-state index contributed by atoms with van der Waals surface area (Å²) in [6, 6.07) is 0.312. The number of carbonyl (C=O) groups excluding carboxylic acids is 1. The Labute approximate surface area is 118 Å². The van der Waals surface area contributed by atoms with Crippen LogP contribution in [0.1, 0.15) is 31.2 Å². The zero-order valence-corrected chi connectivity index (χ0v) is 11.2. The standard InChI is InChI=1S/C15H17N3O2/c1-2-20-15(19)18-12-4-3-5-13(14(18)7-6-12)11-8-16-10-17-9-11/h2,5,8-10,12,14H,1,3-4,6-7H2/t12-,14-/m1/s1. The van der Waals surface area contributed by atoms with Crippen molar-refractivity contribution in [3.8, 4) is 0 Å². The van der Waals surface area contributed by atoms with Crippen molar-refractivity contribution in [3.05, 3.63) is 43.2 Å². The Morgan fingerprint density at radius 2 is 2.15 bits per heavy atom. The van der Waals surface area contributed by atoms with Crippen molar-refractivity contribution in [1.29, 1.82) is 0 Å². The maximum atomic E-state index is 12.2. The number of amides is 1. The van der Waals surface area contributed by atoms with Crippen LogP contribution in [0.3, 0.4) is 0 Å². The Balaban J connectivity index is 1.94.